The van der Waals surface area contributed by atoms with Gasteiger partial charge in [-0.25, -0.2) is 4.98 Å². The van der Waals surface area contributed by atoms with Gasteiger partial charge in [0.15, 0.2) is 5.58 Å². The highest BCUT2D eigenvalue weighted by Crippen LogP contribution is 2.22. The van der Waals surface area contributed by atoms with Gasteiger partial charge in [-0.2, -0.15) is 0 Å². The maximum Gasteiger partial charge on any atom is 0.257 e. The van der Waals surface area contributed by atoms with Gasteiger partial charge in [-0.15, -0.1) is 0 Å². The molecule has 1 atom stereocenters. The second kappa shape index (κ2) is 9.39. The molecule has 1 saturated heterocycles. The first-order valence-electron chi connectivity index (χ1n) is 9.18. The summed E-state index contributed by atoms with van der Waals surface area (Å²) in [5, 5.41) is 3.61. The number of hydrogen-bond donors (Lipinski definition) is 1. The Hall–Kier alpha value is -1.57. The SMILES string of the molecule is CC(C)CC(CNC(=O)CSc1nc2ccccc2o1)N1CCOCC1. The van der Waals surface area contributed by atoms with Gasteiger partial charge in [0.1, 0.15) is 5.52 Å². The highest BCUT2D eigenvalue weighted by atomic mass is 32.2. The number of nitrogens with zero attached hydrogens (tertiary/aromatic N) is 2. The molecule has 1 N–H and O–H groups in total. The fourth-order valence-electron chi connectivity index (χ4n) is 3.17. The monoisotopic (exact) mass is 377 g/mol. The highest BCUT2D eigenvalue weighted by Gasteiger charge is 2.22. The van der Waals surface area contributed by atoms with Crippen LogP contribution in [-0.2, 0) is 9.53 Å². The summed E-state index contributed by atoms with van der Waals surface area (Å²) in [7, 11) is 0. The topological polar surface area (TPSA) is 67.6 Å². The van der Waals surface area contributed by atoms with Crippen LogP contribution in [0.3, 0.4) is 0 Å². The van der Waals surface area contributed by atoms with Crippen LogP contribution in [0.1, 0.15) is 20.3 Å². The van der Waals surface area contributed by atoms with E-state index >= 15 is 0 Å². The van der Waals surface area contributed by atoms with Crippen LogP contribution in [0.4, 0.5) is 0 Å². The van der Waals surface area contributed by atoms with Crippen LogP contribution in [0.15, 0.2) is 33.9 Å². The number of carbonyl (C=O) groups excluding carboxylic acids is 1. The number of ether oxygens (including phenoxy) is 1. The molecule has 0 aliphatic carbocycles. The maximum absolute atomic E-state index is 12.3. The van der Waals surface area contributed by atoms with E-state index in [2.05, 4.69) is 29.0 Å². The number of aromatic nitrogens is 1. The zero-order chi connectivity index (χ0) is 18.4. The molecule has 1 fully saturated rings. The summed E-state index contributed by atoms with van der Waals surface area (Å²) in [6, 6.07) is 7.98. The van der Waals surface area contributed by atoms with Crippen molar-refractivity contribution in [2.24, 2.45) is 5.92 Å². The van der Waals surface area contributed by atoms with E-state index < -0.39 is 0 Å². The lowest BCUT2D eigenvalue weighted by molar-refractivity contribution is -0.118. The molecule has 142 valence electrons. The number of nitrogens with one attached hydrogen (secondary N) is 1. The molecule has 0 radical (unpaired) electrons. The van der Waals surface area contributed by atoms with E-state index in [1.807, 2.05) is 24.3 Å². The summed E-state index contributed by atoms with van der Waals surface area (Å²) in [6.45, 7) is 8.53. The van der Waals surface area contributed by atoms with Crippen molar-refractivity contribution in [3.05, 3.63) is 24.3 Å². The fourth-order valence-corrected chi connectivity index (χ4v) is 3.84. The number of fused-ring (bicyclic) bond motifs is 1. The normalized spacial score (nSPS) is 16.9. The average Bonchev–Trinajstić information content (AvgIpc) is 3.07. The lowest BCUT2D eigenvalue weighted by Gasteiger charge is -2.35. The number of benzene rings is 1. The van der Waals surface area contributed by atoms with Crippen LogP contribution in [0.5, 0.6) is 0 Å². The molecule has 3 rings (SSSR count). The van der Waals surface area contributed by atoms with Crippen molar-refractivity contribution in [1.29, 1.82) is 0 Å². The Morgan fingerprint density at radius 1 is 1.31 bits per heavy atom. The van der Waals surface area contributed by atoms with Crippen molar-refractivity contribution in [3.63, 3.8) is 0 Å². The van der Waals surface area contributed by atoms with Gasteiger partial charge in [-0.1, -0.05) is 37.7 Å². The zero-order valence-corrected chi connectivity index (χ0v) is 16.3. The van der Waals surface area contributed by atoms with Crippen molar-refractivity contribution in [2.45, 2.75) is 31.5 Å². The Labute approximate surface area is 158 Å². The second-order valence-electron chi connectivity index (χ2n) is 6.97. The Morgan fingerprint density at radius 2 is 2.08 bits per heavy atom. The number of para-hydroxylation sites is 2. The van der Waals surface area contributed by atoms with E-state index in [1.165, 1.54) is 11.8 Å². The largest absolute Gasteiger partial charge is 0.431 e. The number of hydrogen-bond acceptors (Lipinski definition) is 6. The molecule has 1 aromatic carbocycles. The smallest absolute Gasteiger partial charge is 0.257 e. The quantitative estimate of drug-likeness (QED) is 0.714. The van der Waals surface area contributed by atoms with Crippen LogP contribution < -0.4 is 5.32 Å². The first-order chi connectivity index (χ1) is 12.6. The molecule has 1 unspecified atom stereocenters. The number of amides is 1. The van der Waals surface area contributed by atoms with E-state index in [0.29, 0.717) is 29.5 Å². The second-order valence-corrected chi connectivity index (χ2v) is 7.90. The number of morpholine rings is 1. The summed E-state index contributed by atoms with van der Waals surface area (Å²) in [5.41, 5.74) is 1.57. The predicted octanol–water partition coefficient (Wildman–Crippen LogP) is 2.78. The lowest BCUT2D eigenvalue weighted by atomic mass is 10.0. The van der Waals surface area contributed by atoms with Crippen LogP contribution >= 0.6 is 11.8 Å². The van der Waals surface area contributed by atoms with Gasteiger partial charge in [-0.3, -0.25) is 9.69 Å². The summed E-state index contributed by atoms with van der Waals surface area (Å²) >= 11 is 1.33. The molecule has 7 heteroatoms. The van der Waals surface area contributed by atoms with Crippen molar-refractivity contribution in [1.82, 2.24) is 15.2 Å². The Kier molecular flexibility index (Phi) is 6.93. The van der Waals surface area contributed by atoms with Crippen LogP contribution in [0.25, 0.3) is 11.1 Å². The molecule has 2 aromatic rings. The highest BCUT2D eigenvalue weighted by molar-refractivity contribution is 7.99. The minimum Gasteiger partial charge on any atom is -0.431 e. The molecule has 2 heterocycles. The molecule has 0 saturated carbocycles. The number of oxazole rings is 1. The van der Waals surface area contributed by atoms with Crippen LogP contribution in [0, 0.1) is 5.92 Å². The third-order valence-corrected chi connectivity index (χ3v) is 5.27. The molecular weight excluding hydrogens is 350 g/mol. The summed E-state index contributed by atoms with van der Waals surface area (Å²) in [4.78, 5) is 19.1. The van der Waals surface area contributed by atoms with Crippen molar-refractivity contribution >= 4 is 28.8 Å². The molecule has 0 bridgehead atoms. The van der Waals surface area contributed by atoms with Crippen LogP contribution in [-0.4, -0.2) is 60.4 Å². The average molecular weight is 378 g/mol. The van der Waals surface area contributed by atoms with Gasteiger partial charge in [-0.05, 0) is 24.5 Å². The number of thioether (sulfide) groups is 1. The summed E-state index contributed by atoms with van der Waals surface area (Å²) < 4.78 is 11.1. The standard InChI is InChI=1S/C19H27N3O3S/c1-14(2)11-15(22-7-9-24-10-8-22)12-20-18(23)13-26-19-21-16-5-3-4-6-17(16)25-19/h3-6,14-15H,7-13H2,1-2H3,(H,20,23). The molecule has 0 spiro atoms. The molecule has 1 aliphatic rings. The molecule has 1 aliphatic heterocycles. The van der Waals surface area contributed by atoms with Crippen molar-refractivity contribution in [2.75, 3.05) is 38.6 Å². The fraction of sp³-hybridized carbons (Fsp3) is 0.579. The van der Waals surface area contributed by atoms with E-state index in [0.717, 1.165) is 43.8 Å². The Balaban J connectivity index is 1.47. The summed E-state index contributed by atoms with van der Waals surface area (Å²) in [5.74, 6) is 0.915. The minimum atomic E-state index is 0.0132. The first kappa shape index (κ1) is 19.2. The van der Waals surface area contributed by atoms with E-state index in [1.54, 1.807) is 0 Å². The van der Waals surface area contributed by atoms with Gasteiger partial charge in [0.2, 0.25) is 5.91 Å². The van der Waals surface area contributed by atoms with Gasteiger partial charge in [0, 0.05) is 25.7 Å². The number of carbonyl (C=O) groups is 1. The van der Waals surface area contributed by atoms with E-state index in [-0.39, 0.29) is 5.91 Å². The third kappa shape index (κ3) is 5.46. The predicted molar refractivity (Wildman–Crippen MR) is 103 cm³/mol. The summed E-state index contributed by atoms with van der Waals surface area (Å²) in [6.07, 6.45) is 1.07. The Bertz CT molecular complexity index is 680. The van der Waals surface area contributed by atoms with Gasteiger partial charge >= 0.3 is 0 Å². The molecular formula is C19H27N3O3S. The Morgan fingerprint density at radius 3 is 2.81 bits per heavy atom. The van der Waals surface area contributed by atoms with Gasteiger partial charge in [0.25, 0.3) is 5.22 Å². The van der Waals surface area contributed by atoms with E-state index in [9.17, 15) is 4.79 Å². The van der Waals surface area contributed by atoms with Gasteiger partial charge < -0.3 is 14.5 Å². The molecule has 1 aromatic heterocycles. The third-order valence-electron chi connectivity index (χ3n) is 4.44. The molecule has 6 nitrogen and oxygen atoms in total. The maximum atomic E-state index is 12.3. The molecule has 26 heavy (non-hydrogen) atoms. The first-order valence-corrected chi connectivity index (χ1v) is 10.2. The van der Waals surface area contributed by atoms with Gasteiger partial charge in [0.05, 0.1) is 19.0 Å². The van der Waals surface area contributed by atoms with Crippen molar-refractivity contribution in [3.8, 4) is 0 Å². The minimum absolute atomic E-state index is 0.0132. The van der Waals surface area contributed by atoms with E-state index in [4.69, 9.17) is 9.15 Å². The van der Waals surface area contributed by atoms with Crippen molar-refractivity contribution < 1.29 is 13.9 Å². The number of rotatable bonds is 8. The lowest BCUT2D eigenvalue weighted by Crippen LogP contribution is -2.49. The zero-order valence-electron chi connectivity index (χ0n) is 15.4. The molecule has 1 amide bonds. The van der Waals surface area contributed by atoms with Crippen LogP contribution in [0.2, 0.25) is 0 Å².